The van der Waals surface area contributed by atoms with Gasteiger partial charge in [-0.3, -0.25) is 4.79 Å². The van der Waals surface area contributed by atoms with Crippen molar-refractivity contribution >= 4 is 37.5 Å². The summed E-state index contributed by atoms with van der Waals surface area (Å²) >= 11 is 1.46. The van der Waals surface area contributed by atoms with Crippen molar-refractivity contribution in [2.24, 2.45) is 12.0 Å². The number of hydrogen-bond donors (Lipinski definition) is 0. The van der Waals surface area contributed by atoms with E-state index < -0.39 is 10.0 Å². The molecule has 0 saturated heterocycles. The fraction of sp³-hybridized carbons (Fsp3) is 0.364. The third kappa shape index (κ3) is 3.87. The van der Waals surface area contributed by atoms with E-state index in [0.717, 1.165) is 41.5 Å². The predicted octanol–water partition coefficient (Wildman–Crippen LogP) is 3.85. The van der Waals surface area contributed by atoms with E-state index in [1.165, 1.54) is 27.8 Å². The van der Waals surface area contributed by atoms with Crippen LogP contribution in [0.4, 0.5) is 0 Å². The number of carbonyl (C=O) groups is 1. The zero-order valence-corrected chi connectivity index (χ0v) is 19.0. The highest BCUT2D eigenvalue weighted by Gasteiger charge is 2.30. The number of hydrogen-bond acceptors (Lipinski definition) is 4. The Kier molecular flexibility index (Phi) is 5.65. The van der Waals surface area contributed by atoms with Crippen molar-refractivity contribution in [2.75, 3.05) is 7.05 Å². The summed E-state index contributed by atoms with van der Waals surface area (Å²) in [6.45, 7) is 2.03. The fourth-order valence-corrected chi connectivity index (χ4v) is 6.43. The Hall–Kier alpha value is -2.29. The van der Waals surface area contributed by atoms with Gasteiger partial charge in [-0.05, 0) is 61.7 Å². The highest BCUT2D eigenvalue weighted by Crippen LogP contribution is 2.27. The number of carbonyl (C=O) groups excluding carboxylic acids is 1. The molecule has 1 saturated carbocycles. The molecule has 158 valence electrons. The Morgan fingerprint density at radius 3 is 2.47 bits per heavy atom. The van der Waals surface area contributed by atoms with Gasteiger partial charge in [-0.25, -0.2) is 8.42 Å². The topological polar surface area (TPSA) is 71.7 Å². The molecule has 1 aliphatic carbocycles. The van der Waals surface area contributed by atoms with Crippen molar-refractivity contribution in [1.29, 1.82) is 0 Å². The third-order valence-electron chi connectivity index (χ3n) is 5.78. The van der Waals surface area contributed by atoms with Gasteiger partial charge in [-0.2, -0.15) is 9.30 Å². The molecule has 2 aromatic carbocycles. The highest BCUT2D eigenvalue weighted by atomic mass is 32.2. The molecule has 0 unspecified atom stereocenters. The average Bonchev–Trinajstić information content (AvgIpc) is 3.36. The molecule has 0 radical (unpaired) electrons. The van der Waals surface area contributed by atoms with E-state index in [1.807, 2.05) is 30.7 Å². The predicted molar refractivity (Wildman–Crippen MR) is 119 cm³/mol. The maximum atomic E-state index is 12.9. The number of sulfonamides is 1. The summed E-state index contributed by atoms with van der Waals surface area (Å²) in [5, 5.41) is 0. The molecule has 3 aromatic rings. The first-order valence-corrected chi connectivity index (χ1v) is 12.3. The lowest BCUT2D eigenvalue weighted by Gasteiger charge is -2.23. The second-order valence-electron chi connectivity index (χ2n) is 7.82. The van der Waals surface area contributed by atoms with Crippen LogP contribution < -0.4 is 4.80 Å². The van der Waals surface area contributed by atoms with E-state index in [0.29, 0.717) is 10.4 Å². The van der Waals surface area contributed by atoms with Gasteiger partial charge in [0.2, 0.25) is 10.0 Å². The second kappa shape index (κ2) is 8.09. The first-order chi connectivity index (χ1) is 14.3. The van der Waals surface area contributed by atoms with Gasteiger partial charge in [0.25, 0.3) is 5.91 Å². The number of thiazole rings is 1. The Balaban J connectivity index is 1.60. The van der Waals surface area contributed by atoms with Crippen LogP contribution in [0.15, 0.2) is 52.4 Å². The van der Waals surface area contributed by atoms with Crippen LogP contribution in [-0.4, -0.2) is 36.3 Å². The molecule has 0 N–H and O–H groups in total. The molecule has 0 atom stereocenters. The van der Waals surface area contributed by atoms with Crippen LogP contribution >= 0.6 is 11.3 Å². The number of aromatic nitrogens is 1. The largest absolute Gasteiger partial charge is 0.319 e. The Labute approximate surface area is 180 Å². The molecular weight excluding hydrogens is 418 g/mol. The minimum atomic E-state index is -3.56. The van der Waals surface area contributed by atoms with Crippen LogP contribution in [0.3, 0.4) is 0 Å². The standard InChI is InChI=1S/C22H25N3O3S2/c1-15-8-13-19-20(14-15)29-22(24(19)2)23-21(26)16-9-11-18(12-10-16)30(27,28)25(3)17-6-4-5-7-17/h8-14,17H,4-7H2,1-3H3. The molecule has 0 bridgehead atoms. The van der Waals surface area contributed by atoms with Crippen molar-refractivity contribution in [3.05, 3.63) is 58.4 Å². The van der Waals surface area contributed by atoms with Gasteiger partial charge in [0.15, 0.2) is 4.80 Å². The quantitative estimate of drug-likeness (QED) is 0.615. The normalized spacial score (nSPS) is 16.1. The smallest absolute Gasteiger partial charge is 0.279 e. The minimum absolute atomic E-state index is 0.0582. The monoisotopic (exact) mass is 443 g/mol. The molecule has 8 heteroatoms. The number of rotatable bonds is 4. The lowest BCUT2D eigenvalue weighted by Crippen LogP contribution is -2.35. The van der Waals surface area contributed by atoms with Crippen LogP contribution in [-0.2, 0) is 17.1 Å². The fourth-order valence-electron chi connectivity index (χ4n) is 3.90. The summed E-state index contributed by atoms with van der Waals surface area (Å²) in [6, 6.07) is 12.3. The van der Waals surface area contributed by atoms with E-state index in [9.17, 15) is 13.2 Å². The van der Waals surface area contributed by atoms with Crippen molar-refractivity contribution < 1.29 is 13.2 Å². The van der Waals surface area contributed by atoms with Crippen molar-refractivity contribution in [2.45, 2.75) is 43.5 Å². The van der Waals surface area contributed by atoms with E-state index in [2.05, 4.69) is 11.1 Å². The van der Waals surface area contributed by atoms with Crippen LogP contribution in [0.1, 0.15) is 41.6 Å². The Morgan fingerprint density at radius 2 is 1.80 bits per heavy atom. The zero-order chi connectivity index (χ0) is 21.5. The molecule has 1 fully saturated rings. The van der Waals surface area contributed by atoms with Gasteiger partial charge in [-0.15, -0.1) is 0 Å². The van der Waals surface area contributed by atoms with Gasteiger partial charge in [-0.1, -0.05) is 30.2 Å². The summed E-state index contributed by atoms with van der Waals surface area (Å²) in [7, 11) is -0.0370. The molecule has 1 aromatic heterocycles. The molecule has 30 heavy (non-hydrogen) atoms. The first kappa shape index (κ1) is 21.0. The Bertz CT molecular complexity index is 1270. The van der Waals surface area contributed by atoms with E-state index in [-0.39, 0.29) is 16.8 Å². The van der Waals surface area contributed by atoms with Gasteiger partial charge in [0, 0.05) is 25.7 Å². The maximum absolute atomic E-state index is 12.9. The SMILES string of the molecule is Cc1ccc2c(c1)sc(=NC(=O)c1ccc(S(=O)(=O)N(C)C3CCCC3)cc1)n2C. The molecule has 1 amide bonds. The highest BCUT2D eigenvalue weighted by molar-refractivity contribution is 7.89. The van der Waals surface area contributed by atoms with Crippen molar-refractivity contribution in [3.8, 4) is 0 Å². The molecule has 1 aliphatic rings. The number of amides is 1. The Morgan fingerprint density at radius 1 is 1.13 bits per heavy atom. The van der Waals surface area contributed by atoms with Crippen LogP contribution in [0, 0.1) is 6.92 Å². The molecular formula is C22H25N3O3S2. The third-order valence-corrected chi connectivity index (χ3v) is 8.80. The average molecular weight is 444 g/mol. The summed E-state index contributed by atoms with van der Waals surface area (Å²) in [5.74, 6) is -0.387. The van der Waals surface area contributed by atoms with Gasteiger partial charge in [0.05, 0.1) is 15.1 Å². The van der Waals surface area contributed by atoms with E-state index in [4.69, 9.17) is 0 Å². The number of nitrogens with zero attached hydrogens (tertiary/aromatic N) is 3. The summed E-state index contributed by atoms with van der Waals surface area (Å²) in [5.41, 5.74) is 2.54. The number of fused-ring (bicyclic) bond motifs is 1. The molecule has 4 rings (SSSR count). The number of benzene rings is 2. The van der Waals surface area contributed by atoms with Crippen LogP contribution in [0.2, 0.25) is 0 Å². The zero-order valence-electron chi connectivity index (χ0n) is 17.3. The van der Waals surface area contributed by atoms with Gasteiger partial charge < -0.3 is 4.57 Å². The van der Waals surface area contributed by atoms with Crippen molar-refractivity contribution in [1.82, 2.24) is 8.87 Å². The lowest BCUT2D eigenvalue weighted by atomic mass is 10.2. The first-order valence-electron chi connectivity index (χ1n) is 10.0. The van der Waals surface area contributed by atoms with Gasteiger partial charge >= 0.3 is 0 Å². The maximum Gasteiger partial charge on any atom is 0.279 e. The second-order valence-corrected chi connectivity index (χ2v) is 10.8. The van der Waals surface area contributed by atoms with E-state index >= 15 is 0 Å². The molecule has 0 aliphatic heterocycles. The summed E-state index contributed by atoms with van der Waals surface area (Å²) < 4.78 is 30.2. The van der Waals surface area contributed by atoms with Crippen LogP contribution in [0.25, 0.3) is 10.2 Å². The molecule has 1 heterocycles. The van der Waals surface area contributed by atoms with Crippen LogP contribution in [0.5, 0.6) is 0 Å². The minimum Gasteiger partial charge on any atom is -0.319 e. The lowest BCUT2D eigenvalue weighted by molar-refractivity contribution is 0.0998. The summed E-state index contributed by atoms with van der Waals surface area (Å²) in [6.07, 6.45) is 3.93. The van der Waals surface area contributed by atoms with E-state index in [1.54, 1.807) is 19.2 Å². The van der Waals surface area contributed by atoms with Crippen molar-refractivity contribution in [3.63, 3.8) is 0 Å². The summed E-state index contributed by atoms with van der Waals surface area (Å²) in [4.78, 5) is 17.8. The van der Waals surface area contributed by atoms with Gasteiger partial charge in [0.1, 0.15) is 0 Å². The molecule has 0 spiro atoms. The number of aryl methyl sites for hydroxylation is 2. The molecule has 6 nitrogen and oxygen atoms in total.